The molecule has 98 heavy (non-hydrogen) atoms. The molecule has 15 aromatic carbocycles. The third-order valence-corrected chi connectivity index (χ3v) is 22.5. The molecule has 0 saturated carbocycles. The summed E-state index contributed by atoms with van der Waals surface area (Å²) in [6.45, 7) is 14.0. The van der Waals surface area contributed by atoms with Crippen LogP contribution in [0, 0.1) is 0 Å². The number of para-hydroxylation sites is 3. The summed E-state index contributed by atoms with van der Waals surface area (Å²) in [7, 11) is 0. The maximum absolute atomic E-state index is 2.73. The summed E-state index contributed by atoms with van der Waals surface area (Å²) in [5.41, 5.74) is 29.9. The molecule has 6 heteroatoms. The van der Waals surface area contributed by atoms with Crippen molar-refractivity contribution in [2.75, 3.05) is 14.7 Å². The molecule has 0 bridgehead atoms. The Balaban J connectivity index is 0.987. The molecule has 19 rings (SSSR count). The Morgan fingerprint density at radius 2 is 0.643 bits per heavy atom. The molecule has 0 radical (unpaired) electrons. The molecule has 3 nitrogen and oxygen atoms in total. The van der Waals surface area contributed by atoms with Gasteiger partial charge in [-0.2, -0.15) is 0 Å². The fourth-order valence-electron chi connectivity index (χ4n) is 16.8. The van der Waals surface area contributed by atoms with Gasteiger partial charge >= 0.3 is 0 Å². The molecular weight excluding hydrogens is 1200 g/mol. The van der Waals surface area contributed by atoms with Crippen molar-refractivity contribution in [2.45, 2.75) is 62.2 Å². The number of fused-ring (bicyclic) bond motifs is 14. The molecule has 15 aromatic rings. The average molecular weight is 1270 g/mol. The number of nitrogens with zero attached hydrogens (tertiary/aromatic N) is 3. The Hall–Kier alpha value is -11.0. The van der Waals surface area contributed by atoms with E-state index >= 15 is 0 Å². The van der Waals surface area contributed by atoms with Gasteiger partial charge < -0.3 is 14.7 Å². The molecule has 4 aliphatic heterocycles. The number of rotatable bonds is 7. The summed E-state index contributed by atoms with van der Waals surface area (Å²) in [4.78, 5) is 10.7. The molecule has 464 valence electrons. The zero-order valence-corrected chi connectivity index (χ0v) is 56.7. The maximum Gasteiger partial charge on any atom is 0.252 e. The van der Waals surface area contributed by atoms with Gasteiger partial charge in [0.1, 0.15) is 0 Å². The highest BCUT2D eigenvalue weighted by Gasteiger charge is 2.49. The van der Waals surface area contributed by atoms with Crippen LogP contribution >= 0.6 is 11.8 Å². The number of hydrogen-bond donors (Lipinski definition) is 0. The molecule has 0 unspecified atom stereocenters. The molecule has 4 heterocycles. The Morgan fingerprint density at radius 1 is 0.255 bits per heavy atom. The van der Waals surface area contributed by atoms with Crippen molar-refractivity contribution in [1.82, 2.24) is 0 Å². The van der Waals surface area contributed by atoms with Crippen LogP contribution in [0.4, 0.5) is 51.2 Å². The van der Waals surface area contributed by atoms with Gasteiger partial charge in [0.2, 0.25) is 6.71 Å². The predicted octanol–water partition coefficient (Wildman–Crippen LogP) is 21.3. The predicted molar refractivity (Wildman–Crippen MR) is 422 cm³/mol. The van der Waals surface area contributed by atoms with E-state index in [0.717, 1.165) is 22.7 Å². The van der Waals surface area contributed by atoms with Crippen molar-refractivity contribution in [3.05, 3.63) is 321 Å². The summed E-state index contributed by atoms with van der Waals surface area (Å²) < 4.78 is 0. The lowest BCUT2D eigenvalue weighted by atomic mass is 9.30. The van der Waals surface area contributed by atoms with Crippen molar-refractivity contribution in [3.63, 3.8) is 0 Å². The largest absolute Gasteiger partial charge is 0.311 e. The minimum atomic E-state index is -0.268. The Bertz CT molecular complexity index is 5630. The molecule has 0 aromatic heterocycles. The SMILES string of the molecule is CC(C)(C)c1cc2c3c(c1)N(c1c(-c4ccccc4)cccc1-c1ccccc1)c1cc4c(cc1B3c1ccccc1S2)B1c2ccccc2N(c2c(-c3ccccc3)cccc2-c2ccccc2)c2cc(C(C)(C)C)cc(c21)N4c1ccc2c3ccccc3c3ccccc3c2c1. The first-order valence-corrected chi connectivity index (χ1v) is 35.4. The van der Waals surface area contributed by atoms with Gasteiger partial charge in [-0.15, -0.1) is 0 Å². The topological polar surface area (TPSA) is 9.72 Å². The molecular formula is C92H69B2N3S. The minimum absolute atomic E-state index is 0.0912. The second-order valence-corrected chi connectivity index (χ2v) is 30.1. The van der Waals surface area contributed by atoms with Gasteiger partial charge in [0.25, 0.3) is 6.71 Å². The second-order valence-electron chi connectivity index (χ2n) is 29.1. The van der Waals surface area contributed by atoms with Gasteiger partial charge in [-0.3, -0.25) is 0 Å². The van der Waals surface area contributed by atoms with E-state index < -0.39 is 0 Å². The molecule has 0 fully saturated rings. The molecule has 0 atom stereocenters. The first kappa shape index (κ1) is 58.3. The van der Waals surface area contributed by atoms with Gasteiger partial charge in [-0.25, -0.2) is 0 Å². The summed E-state index contributed by atoms with van der Waals surface area (Å²) in [5.74, 6) is 0. The van der Waals surface area contributed by atoms with Crippen LogP contribution in [0.25, 0.3) is 76.8 Å². The van der Waals surface area contributed by atoms with Gasteiger partial charge in [0.15, 0.2) is 0 Å². The smallest absolute Gasteiger partial charge is 0.252 e. The zero-order valence-electron chi connectivity index (χ0n) is 55.8. The fourth-order valence-corrected chi connectivity index (χ4v) is 18.0. The quantitative estimate of drug-likeness (QED) is 0.116. The standard InChI is InChI=1S/C92H69B2N3S/c1-91(2,3)62-51-82-87-83(52-62)96(89-65(58-29-11-7-12-30-58)41-27-42-66(89)59-31-13-8-14-32-59)79-47-25-23-45-75(79)93(87)77-56-78-81(57-80(77)95(82)64-49-50-73-71-39-20-19-37-69(71)70-38-21-22-40-72(70)74(73)55-64)97(90-67(60-33-15-9-16-34-60)43-28-44-68(90)61-35-17-10-18-36-61)84-53-63(92(4,5)6)54-86-88(84)94(78)76-46-24-26-48-85(76)98-86/h7-57H,1-6H3. The number of anilines is 9. The van der Waals surface area contributed by atoms with Crippen LogP contribution in [0.15, 0.2) is 319 Å². The lowest BCUT2D eigenvalue weighted by molar-refractivity contribution is 0.589. The van der Waals surface area contributed by atoms with E-state index in [1.54, 1.807) is 0 Å². The average Bonchev–Trinajstić information content (AvgIpc) is 0.679. The van der Waals surface area contributed by atoms with Crippen molar-refractivity contribution in [1.29, 1.82) is 0 Å². The van der Waals surface area contributed by atoms with E-state index in [2.05, 4.69) is 366 Å². The van der Waals surface area contributed by atoms with E-state index in [9.17, 15) is 0 Å². The first-order valence-electron chi connectivity index (χ1n) is 34.5. The molecule has 0 N–H and O–H groups in total. The maximum atomic E-state index is 2.73. The lowest BCUT2D eigenvalue weighted by Crippen LogP contribution is -2.65. The van der Waals surface area contributed by atoms with Crippen LogP contribution in [-0.4, -0.2) is 13.4 Å². The summed E-state index contributed by atoms with van der Waals surface area (Å²) in [6, 6.07) is 118. The van der Waals surface area contributed by atoms with Crippen molar-refractivity contribution < 1.29 is 0 Å². The monoisotopic (exact) mass is 1270 g/mol. The molecule has 0 aliphatic carbocycles. The van der Waals surface area contributed by atoms with E-state index in [1.165, 1.54) is 159 Å². The third kappa shape index (κ3) is 9.00. The second kappa shape index (κ2) is 22.3. The number of hydrogen-bond acceptors (Lipinski definition) is 4. The van der Waals surface area contributed by atoms with Crippen LogP contribution in [0.2, 0.25) is 0 Å². The van der Waals surface area contributed by atoms with Crippen molar-refractivity contribution >= 4 is 141 Å². The number of benzene rings is 15. The zero-order chi connectivity index (χ0) is 65.7. The molecule has 0 saturated heterocycles. The van der Waals surface area contributed by atoms with Crippen LogP contribution < -0.4 is 47.5 Å². The normalized spacial score (nSPS) is 13.5. The Labute approximate surface area is 579 Å². The van der Waals surface area contributed by atoms with E-state index in [1.807, 2.05) is 11.8 Å². The van der Waals surface area contributed by atoms with Crippen molar-refractivity contribution in [3.8, 4) is 44.5 Å². The van der Waals surface area contributed by atoms with Gasteiger partial charge in [0, 0.05) is 71.9 Å². The summed E-state index contributed by atoms with van der Waals surface area (Å²) >= 11 is 1.94. The minimum Gasteiger partial charge on any atom is -0.311 e. The highest BCUT2D eigenvalue weighted by Crippen LogP contribution is 2.55. The summed E-state index contributed by atoms with van der Waals surface area (Å²) in [6.07, 6.45) is 0. The van der Waals surface area contributed by atoms with E-state index in [4.69, 9.17) is 0 Å². The van der Waals surface area contributed by atoms with Crippen LogP contribution in [0.3, 0.4) is 0 Å². The fraction of sp³-hybridized carbons (Fsp3) is 0.0870. The third-order valence-electron chi connectivity index (χ3n) is 21.4. The molecule has 0 amide bonds. The highest BCUT2D eigenvalue weighted by molar-refractivity contribution is 8.00. The lowest BCUT2D eigenvalue weighted by Gasteiger charge is -2.47. The molecule has 0 spiro atoms. The van der Waals surface area contributed by atoms with Crippen LogP contribution in [-0.2, 0) is 10.8 Å². The van der Waals surface area contributed by atoms with Crippen LogP contribution in [0.1, 0.15) is 52.7 Å². The van der Waals surface area contributed by atoms with Gasteiger partial charge in [-0.1, -0.05) is 314 Å². The Kier molecular flexibility index (Phi) is 13.2. The first-order chi connectivity index (χ1) is 47.9. The molecule has 4 aliphatic rings. The Morgan fingerprint density at radius 3 is 1.15 bits per heavy atom. The summed E-state index contributed by atoms with van der Waals surface area (Å²) in [5, 5.41) is 7.50. The highest BCUT2D eigenvalue weighted by atomic mass is 32.2. The van der Waals surface area contributed by atoms with Crippen molar-refractivity contribution in [2.24, 2.45) is 0 Å². The van der Waals surface area contributed by atoms with Crippen LogP contribution in [0.5, 0.6) is 0 Å². The van der Waals surface area contributed by atoms with E-state index in [0.29, 0.717) is 0 Å². The van der Waals surface area contributed by atoms with Gasteiger partial charge in [0.05, 0.1) is 11.4 Å². The van der Waals surface area contributed by atoms with Gasteiger partial charge in [-0.05, 0) is 158 Å². The van der Waals surface area contributed by atoms with E-state index in [-0.39, 0.29) is 24.3 Å².